The number of carboxylic acid groups (broad SMARTS) is 1. The molecule has 146 valence electrons. The highest BCUT2D eigenvalue weighted by Gasteiger charge is 2.31. The number of nitrogens with zero attached hydrogens (tertiary/aromatic N) is 1. The Morgan fingerprint density at radius 3 is 2.42 bits per heavy atom. The van der Waals surface area contributed by atoms with Crippen LogP contribution in [0, 0.1) is 5.92 Å². The van der Waals surface area contributed by atoms with Crippen molar-refractivity contribution >= 4 is 18.0 Å². The molecule has 0 aromatic carbocycles. The van der Waals surface area contributed by atoms with Gasteiger partial charge < -0.3 is 25.5 Å². The van der Waals surface area contributed by atoms with Crippen molar-refractivity contribution in [1.82, 2.24) is 20.6 Å². The highest BCUT2D eigenvalue weighted by Crippen LogP contribution is 2.12. The Labute approximate surface area is 152 Å². The van der Waals surface area contributed by atoms with E-state index in [4.69, 9.17) is 4.74 Å². The SMILES string of the molecule is CCC(C)C(NC(=O)OC(C)(C)C)C(=O)NC(Cc1cnc[nH]1)C(=O)O. The Hall–Kier alpha value is -2.58. The number of aromatic amines is 1. The minimum Gasteiger partial charge on any atom is -0.480 e. The molecule has 0 saturated carbocycles. The van der Waals surface area contributed by atoms with Crippen LogP contribution in [0.1, 0.15) is 46.7 Å². The molecule has 0 aliphatic heterocycles. The molecule has 2 amide bonds. The number of carbonyl (C=O) groups excluding carboxylic acids is 2. The minimum absolute atomic E-state index is 0.0563. The molecule has 3 atom stereocenters. The number of nitrogens with one attached hydrogen (secondary N) is 3. The zero-order chi connectivity index (χ0) is 19.9. The van der Waals surface area contributed by atoms with Crippen LogP contribution in [0.25, 0.3) is 0 Å². The molecule has 1 heterocycles. The van der Waals surface area contributed by atoms with Crippen molar-refractivity contribution in [2.24, 2.45) is 5.92 Å². The van der Waals surface area contributed by atoms with E-state index in [-0.39, 0.29) is 12.3 Å². The topological polar surface area (TPSA) is 133 Å². The molecule has 0 spiro atoms. The number of carbonyl (C=O) groups is 3. The summed E-state index contributed by atoms with van der Waals surface area (Å²) in [6, 6.07) is -2.05. The predicted molar refractivity (Wildman–Crippen MR) is 94.5 cm³/mol. The smallest absolute Gasteiger partial charge is 0.408 e. The summed E-state index contributed by atoms with van der Waals surface area (Å²) in [5, 5.41) is 14.4. The lowest BCUT2D eigenvalue weighted by Gasteiger charge is -2.27. The molecule has 4 N–H and O–H groups in total. The largest absolute Gasteiger partial charge is 0.480 e. The molecule has 0 bridgehead atoms. The minimum atomic E-state index is -1.17. The second kappa shape index (κ2) is 9.21. The van der Waals surface area contributed by atoms with Crippen LogP contribution < -0.4 is 10.6 Å². The van der Waals surface area contributed by atoms with E-state index in [1.807, 2.05) is 6.92 Å². The van der Waals surface area contributed by atoms with Gasteiger partial charge in [0.25, 0.3) is 0 Å². The van der Waals surface area contributed by atoms with Crippen LogP contribution in [0.3, 0.4) is 0 Å². The maximum atomic E-state index is 12.6. The van der Waals surface area contributed by atoms with Crippen LogP contribution in [0.15, 0.2) is 12.5 Å². The Balaban J connectivity index is 2.83. The Kier molecular flexibility index (Phi) is 7.60. The molecular formula is C17H28N4O5. The predicted octanol–water partition coefficient (Wildman–Crippen LogP) is 1.46. The van der Waals surface area contributed by atoms with Crippen LogP contribution in [0.4, 0.5) is 4.79 Å². The van der Waals surface area contributed by atoms with Crippen molar-refractivity contribution in [1.29, 1.82) is 0 Å². The van der Waals surface area contributed by atoms with Crippen molar-refractivity contribution in [2.75, 3.05) is 0 Å². The molecule has 1 aromatic rings. The Morgan fingerprint density at radius 2 is 1.96 bits per heavy atom. The lowest BCUT2D eigenvalue weighted by atomic mass is 9.98. The zero-order valence-corrected chi connectivity index (χ0v) is 15.8. The van der Waals surface area contributed by atoms with E-state index >= 15 is 0 Å². The van der Waals surface area contributed by atoms with E-state index in [0.29, 0.717) is 12.1 Å². The summed E-state index contributed by atoms with van der Waals surface area (Å²) < 4.78 is 5.19. The van der Waals surface area contributed by atoms with Gasteiger partial charge in [-0.05, 0) is 26.7 Å². The van der Waals surface area contributed by atoms with E-state index in [2.05, 4.69) is 20.6 Å². The van der Waals surface area contributed by atoms with E-state index in [9.17, 15) is 19.5 Å². The molecule has 0 radical (unpaired) electrons. The highest BCUT2D eigenvalue weighted by atomic mass is 16.6. The lowest BCUT2D eigenvalue weighted by molar-refractivity contribution is -0.142. The maximum Gasteiger partial charge on any atom is 0.408 e. The van der Waals surface area contributed by atoms with Gasteiger partial charge >= 0.3 is 12.1 Å². The first kappa shape index (κ1) is 21.5. The summed E-state index contributed by atoms with van der Waals surface area (Å²) in [5.74, 6) is -1.95. The number of hydrogen-bond acceptors (Lipinski definition) is 5. The maximum absolute atomic E-state index is 12.6. The van der Waals surface area contributed by atoms with E-state index < -0.39 is 35.7 Å². The van der Waals surface area contributed by atoms with Crippen molar-refractivity contribution in [3.05, 3.63) is 18.2 Å². The molecule has 9 nitrogen and oxygen atoms in total. The molecule has 0 fully saturated rings. The molecule has 0 saturated heterocycles. The van der Waals surface area contributed by atoms with Gasteiger partial charge in [0.05, 0.1) is 6.33 Å². The third kappa shape index (κ3) is 7.12. The van der Waals surface area contributed by atoms with Gasteiger partial charge in [0.1, 0.15) is 17.7 Å². The molecule has 1 aromatic heterocycles. The molecular weight excluding hydrogens is 340 g/mol. The summed E-state index contributed by atoms with van der Waals surface area (Å²) in [6.45, 7) is 8.83. The fraction of sp³-hybridized carbons (Fsp3) is 0.647. The van der Waals surface area contributed by atoms with Crippen LogP contribution in [-0.4, -0.2) is 50.7 Å². The third-order valence-electron chi connectivity index (χ3n) is 3.76. The number of H-pyrrole nitrogens is 1. The number of rotatable bonds is 8. The van der Waals surface area contributed by atoms with Gasteiger partial charge in [-0.15, -0.1) is 0 Å². The van der Waals surface area contributed by atoms with Crippen molar-refractivity contribution in [2.45, 2.75) is 65.1 Å². The van der Waals surface area contributed by atoms with Crippen LogP contribution in [0.2, 0.25) is 0 Å². The standard InChI is InChI=1S/C17H28N4O5/c1-6-10(2)13(21-16(25)26-17(3,4)5)14(22)20-12(15(23)24)7-11-8-18-9-19-11/h8-10,12-13H,6-7H2,1-5H3,(H,18,19)(H,20,22)(H,21,25)(H,23,24). The molecule has 26 heavy (non-hydrogen) atoms. The van der Waals surface area contributed by atoms with Gasteiger partial charge in [-0.3, -0.25) is 4.79 Å². The number of ether oxygens (including phenoxy) is 1. The average molecular weight is 368 g/mol. The lowest BCUT2D eigenvalue weighted by Crippen LogP contribution is -2.55. The van der Waals surface area contributed by atoms with Gasteiger partial charge in [-0.25, -0.2) is 14.6 Å². The summed E-state index contributed by atoms with van der Waals surface area (Å²) in [6.07, 6.45) is 2.88. The summed E-state index contributed by atoms with van der Waals surface area (Å²) in [7, 11) is 0. The fourth-order valence-electron chi connectivity index (χ4n) is 2.21. The summed E-state index contributed by atoms with van der Waals surface area (Å²) >= 11 is 0. The average Bonchev–Trinajstić information content (AvgIpc) is 3.02. The highest BCUT2D eigenvalue weighted by molar-refractivity contribution is 5.89. The fourth-order valence-corrected chi connectivity index (χ4v) is 2.21. The molecule has 0 aliphatic carbocycles. The van der Waals surface area contributed by atoms with Crippen LogP contribution in [0.5, 0.6) is 0 Å². The summed E-state index contributed by atoms with van der Waals surface area (Å²) in [4.78, 5) is 42.7. The van der Waals surface area contributed by atoms with Crippen molar-refractivity contribution in [3.63, 3.8) is 0 Å². The first-order valence-electron chi connectivity index (χ1n) is 8.53. The number of amides is 2. The van der Waals surface area contributed by atoms with Gasteiger partial charge in [0.2, 0.25) is 5.91 Å². The van der Waals surface area contributed by atoms with Gasteiger partial charge in [0, 0.05) is 18.3 Å². The monoisotopic (exact) mass is 368 g/mol. The first-order chi connectivity index (χ1) is 12.0. The number of hydrogen-bond donors (Lipinski definition) is 4. The van der Waals surface area contributed by atoms with Gasteiger partial charge in [-0.1, -0.05) is 20.3 Å². The van der Waals surface area contributed by atoms with Gasteiger partial charge in [0.15, 0.2) is 0 Å². The molecule has 1 rings (SSSR count). The van der Waals surface area contributed by atoms with Crippen LogP contribution in [-0.2, 0) is 20.7 Å². The second-order valence-corrected chi connectivity index (χ2v) is 7.19. The molecule has 3 unspecified atom stereocenters. The van der Waals surface area contributed by atoms with Gasteiger partial charge in [-0.2, -0.15) is 0 Å². The van der Waals surface area contributed by atoms with E-state index in [0.717, 1.165) is 0 Å². The van der Waals surface area contributed by atoms with Crippen molar-refractivity contribution < 1.29 is 24.2 Å². The van der Waals surface area contributed by atoms with Crippen LogP contribution >= 0.6 is 0 Å². The van der Waals surface area contributed by atoms with E-state index in [1.54, 1.807) is 27.7 Å². The molecule has 9 heteroatoms. The Morgan fingerprint density at radius 1 is 1.31 bits per heavy atom. The quantitative estimate of drug-likeness (QED) is 0.549. The first-order valence-corrected chi connectivity index (χ1v) is 8.53. The van der Waals surface area contributed by atoms with E-state index in [1.165, 1.54) is 12.5 Å². The Bertz CT molecular complexity index is 609. The number of carboxylic acids is 1. The zero-order valence-electron chi connectivity index (χ0n) is 15.8. The summed E-state index contributed by atoms with van der Waals surface area (Å²) in [5.41, 5.74) is -0.122. The normalized spacial score (nSPS) is 14.8. The number of aromatic nitrogens is 2. The number of imidazole rings is 1. The second-order valence-electron chi connectivity index (χ2n) is 7.19. The van der Waals surface area contributed by atoms with Crippen molar-refractivity contribution in [3.8, 4) is 0 Å². The number of aliphatic carboxylic acids is 1. The number of alkyl carbamates (subject to hydrolysis) is 1. The molecule has 0 aliphatic rings. The third-order valence-corrected chi connectivity index (χ3v) is 3.76.